The molecule has 4 rings (SSSR count). The normalized spacial score (nSPS) is 24.9. The van der Waals surface area contributed by atoms with Crippen LogP contribution in [0.1, 0.15) is 17.5 Å². The van der Waals surface area contributed by atoms with Crippen LogP contribution in [0, 0.1) is 6.92 Å². The molecule has 3 N–H and O–H groups in total. The van der Waals surface area contributed by atoms with Gasteiger partial charge in [-0.15, -0.1) is 0 Å². The van der Waals surface area contributed by atoms with Crippen molar-refractivity contribution in [3.05, 3.63) is 57.2 Å². The van der Waals surface area contributed by atoms with E-state index in [0.29, 0.717) is 16.2 Å². The quantitative estimate of drug-likeness (QED) is 0.566. The van der Waals surface area contributed by atoms with Crippen molar-refractivity contribution in [2.75, 3.05) is 6.61 Å². The third-order valence-electron chi connectivity index (χ3n) is 4.87. The molecule has 9 nitrogen and oxygen atoms in total. The maximum atomic E-state index is 13.1. The number of halogens is 1. The minimum absolute atomic E-state index is 0.156. The zero-order valence-corrected chi connectivity index (χ0v) is 15.7. The summed E-state index contributed by atoms with van der Waals surface area (Å²) in [5.74, 6) is 0. The van der Waals surface area contributed by atoms with Gasteiger partial charge >= 0.3 is 0 Å². The van der Waals surface area contributed by atoms with Crippen LogP contribution in [0.4, 0.5) is 0 Å². The first-order valence-corrected chi connectivity index (χ1v) is 9.09. The highest BCUT2D eigenvalue weighted by molar-refractivity contribution is 6.30. The second-order valence-corrected chi connectivity index (χ2v) is 7.20. The van der Waals surface area contributed by atoms with Crippen LogP contribution < -0.4 is 5.56 Å². The largest absolute Gasteiger partial charge is 0.394 e. The Morgan fingerprint density at radius 1 is 1.21 bits per heavy atom. The molecular formula is C18H19ClN4O5. The summed E-state index contributed by atoms with van der Waals surface area (Å²) in [6.45, 7) is 1.50. The molecule has 3 aromatic rings. The lowest BCUT2D eigenvalue weighted by atomic mass is 10.1. The molecule has 1 aromatic carbocycles. The minimum Gasteiger partial charge on any atom is -0.394 e. The van der Waals surface area contributed by atoms with E-state index in [2.05, 4.69) is 10.1 Å². The van der Waals surface area contributed by atoms with E-state index in [9.17, 15) is 20.1 Å². The van der Waals surface area contributed by atoms with E-state index in [4.69, 9.17) is 16.3 Å². The number of aliphatic hydroxyl groups is 3. The summed E-state index contributed by atoms with van der Waals surface area (Å²) in [6, 6.07) is 7.10. The fraction of sp³-hybridized carbons (Fsp3) is 0.389. The Labute approximate surface area is 164 Å². The molecule has 0 aliphatic carbocycles. The van der Waals surface area contributed by atoms with Crippen molar-refractivity contribution in [1.29, 1.82) is 0 Å². The molecule has 0 amide bonds. The van der Waals surface area contributed by atoms with Gasteiger partial charge in [0, 0.05) is 5.02 Å². The highest BCUT2D eigenvalue weighted by Gasteiger charge is 2.44. The molecule has 10 heteroatoms. The lowest BCUT2D eigenvalue weighted by molar-refractivity contribution is -0.0566. The van der Waals surface area contributed by atoms with E-state index in [0.717, 1.165) is 5.56 Å². The van der Waals surface area contributed by atoms with Gasteiger partial charge in [0.15, 0.2) is 11.7 Å². The first-order valence-electron chi connectivity index (χ1n) is 8.72. The van der Waals surface area contributed by atoms with Crippen LogP contribution in [-0.4, -0.2) is 59.6 Å². The maximum absolute atomic E-state index is 13.1. The molecule has 0 radical (unpaired) electrons. The summed E-state index contributed by atoms with van der Waals surface area (Å²) < 4.78 is 8.19. The number of nitrogens with zero attached hydrogens (tertiary/aromatic N) is 4. The van der Waals surface area contributed by atoms with Crippen molar-refractivity contribution in [2.45, 2.75) is 38.0 Å². The third-order valence-corrected chi connectivity index (χ3v) is 5.12. The van der Waals surface area contributed by atoms with E-state index in [-0.39, 0.29) is 17.6 Å². The van der Waals surface area contributed by atoms with Gasteiger partial charge in [-0.05, 0) is 24.6 Å². The number of rotatable bonds is 4. The van der Waals surface area contributed by atoms with Crippen LogP contribution in [0.2, 0.25) is 5.02 Å². The van der Waals surface area contributed by atoms with Crippen LogP contribution in [0.3, 0.4) is 0 Å². The predicted molar refractivity (Wildman–Crippen MR) is 100 cm³/mol. The van der Waals surface area contributed by atoms with Gasteiger partial charge in [-0.3, -0.25) is 9.36 Å². The van der Waals surface area contributed by atoms with Gasteiger partial charge in [0.25, 0.3) is 5.56 Å². The lowest BCUT2D eigenvalue weighted by Gasteiger charge is -2.16. The molecule has 3 heterocycles. The monoisotopic (exact) mass is 406 g/mol. The van der Waals surface area contributed by atoms with Crippen molar-refractivity contribution in [1.82, 2.24) is 19.3 Å². The van der Waals surface area contributed by atoms with E-state index in [1.165, 1.54) is 15.6 Å². The SMILES string of the molecule is Cc1nn([C@@H]2O[C@H](CO)[C@@H](O)[C@H]2O)c2c(=O)n(Cc3ccc(Cl)cc3)cnc12. The van der Waals surface area contributed by atoms with Gasteiger partial charge < -0.3 is 20.1 Å². The Kier molecular flexibility index (Phi) is 4.94. The van der Waals surface area contributed by atoms with E-state index in [1.54, 1.807) is 19.1 Å². The molecular weight excluding hydrogens is 388 g/mol. The molecule has 0 bridgehead atoms. The van der Waals surface area contributed by atoms with Crippen molar-refractivity contribution in [3.63, 3.8) is 0 Å². The Morgan fingerprint density at radius 3 is 2.57 bits per heavy atom. The van der Waals surface area contributed by atoms with Crippen LogP contribution in [0.15, 0.2) is 35.4 Å². The molecule has 1 fully saturated rings. The number of ether oxygens (including phenoxy) is 1. The number of hydrogen-bond acceptors (Lipinski definition) is 7. The topological polar surface area (TPSA) is 123 Å². The molecule has 1 aliphatic heterocycles. The average molecular weight is 407 g/mol. The maximum Gasteiger partial charge on any atom is 0.279 e. The molecule has 2 aromatic heterocycles. The second-order valence-electron chi connectivity index (χ2n) is 6.76. The molecule has 1 aliphatic rings. The summed E-state index contributed by atoms with van der Waals surface area (Å²) in [5, 5.41) is 34.5. The van der Waals surface area contributed by atoms with Crippen molar-refractivity contribution in [3.8, 4) is 0 Å². The number of hydrogen-bond donors (Lipinski definition) is 3. The van der Waals surface area contributed by atoms with Crippen LogP contribution in [0.25, 0.3) is 11.0 Å². The highest BCUT2D eigenvalue weighted by Crippen LogP contribution is 2.31. The van der Waals surface area contributed by atoms with Gasteiger partial charge in [0.1, 0.15) is 23.8 Å². The molecule has 0 spiro atoms. The van der Waals surface area contributed by atoms with Crippen LogP contribution >= 0.6 is 11.6 Å². The molecule has 0 unspecified atom stereocenters. The van der Waals surface area contributed by atoms with E-state index in [1.807, 2.05) is 12.1 Å². The van der Waals surface area contributed by atoms with Crippen molar-refractivity contribution >= 4 is 22.6 Å². The molecule has 148 valence electrons. The number of aryl methyl sites for hydroxylation is 1. The smallest absolute Gasteiger partial charge is 0.279 e. The average Bonchev–Trinajstić information content (AvgIpc) is 3.16. The van der Waals surface area contributed by atoms with Gasteiger partial charge in [0.2, 0.25) is 0 Å². The molecule has 1 saturated heterocycles. The zero-order chi connectivity index (χ0) is 20.0. The standard InChI is InChI=1S/C18H19ClN4O5/c1-9-13-14(23(21-9)18-16(26)15(25)12(7-24)28-18)17(27)22(8-20-13)6-10-2-4-11(19)5-3-10/h2-5,8,12,15-16,18,24-26H,6-7H2,1H3/t12-,15-,16-,18-/m1/s1. The Morgan fingerprint density at radius 2 is 1.93 bits per heavy atom. The fourth-order valence-corrected chi connectivity index (χ4v) is 3.50. The summed E-state index contributed by atoms with van der Waals surface area (Å²) >= 11 is 5.90. The van der Waals surface area contributed by atoms with Crippen molar-refractivity contribution in [2.24, 2.45) is 0 Å². The first-order chi connectivity index (χ1) is 13.4. The fourth-order valence-electron chi connectivity index (χ4n) is 3.37. The van der Waals surface area contributed by atoms with Gasteiger partial charge in [-0.1, -0.05) is 23.7 Å². The number of fused-ring (bicyclic) bond motifs is 1. The number of aromatic nitrogens is 4. The Bertz CT molecular complexity index is 1060. The highest BCUT2D eigenvalue weighted by atomic mass is 35.5. The summed E-state index contributed by atoms with van der Waals surface area (Å²) in [6.07, 6.45) is -3.27. The predicted octanol–water partition coefficient (Wildman–Crippen LogP) is 0.215. The lowest BCUT2D eigenvalue weighted by Crippen LogP contribution is -2.33. The second kappa shape index (κ2) is 7.26. The summed E-state index contributed by atoms with van der Waals surface area (Å²) in [4.78, 5) is 17.5. The van der Waals surface area contributed by atoms with E-state index >= 15 is 0 Å². The summed E-state index contributed by atoms with van der Waals surface area (Å²) in [7, 11) is 0. The number of aliphatic hydroxyl groups excluding tert-OH is 3. The van der Waals surface area contributed by atoms with Crippen molar-refractivity contribution < 1.29 is 20.1 Å². The van der Waals surface area contributed by atoms with Crippen LogP contribution in [-0.2, 0) is 11.3 Å². The molecule has 4 atom stereocenters. The Hall–Kier alpha value is -2.30. The Balaban J connectivity index is 1.78. The number of benzene rings is 1. The van der Waals surface area contributed by atoms with Gasteiger partial charge in [-0.25, -0.2) is 9.67 Å². The molecule has 0 saturated carbocycles. The van der Waals surface area contributed by atoms with Gasteiger partial charge in [0.05, 0.1) is 25.2 Å². The third kappa shape index (κ3) is 3.11. The molecule has 28 heavy (non-hydrogen) atoms. The van der Waals surface area contributed by atoms with Crippen LogP contribution in [0.5, 0.6) is 0 Å². The zero-order valence-electron chi connectivity index (χ0n) is 14.9. The van der Waals surface area contributed by atoms with E-state index < -0.39 is 31.1 Å². The van der Waals surface area contributed by atoms with Gasteiger partial charge in [-0.2, -0.15) is 5.10 Å². The first kappa shape index (κ1) is 19.0. The minimum atomic E-state index is -1.34. The summed E-state index contributed by atoms with van der Waals surface area (Å²) in [5.41, 5.74) is 1.53.